The van der Waals surface area contributed by atoms with Gasteiger partial charge in [0.1, 0.15) is 5.60 Å². The van der Waals surface area contributed by atoms with E-state index in [2.05, 4.69) is 39.8 Å². The number of ether oxygens (including phenoxy) is 1. The van der Waals surface area contributed by atoms with Crippen LogP contribution in [-0.4, -0.2) is 11.6 Å². The molecule has 9 saturated carbocycles. The van der Waals surface area contributed by atoms with Gasteiger partial charge in [0.15, 0.2) is 0 Å². The van der Waals surface area contributed by atoms with Crippen molar-refractivity contribution in [2.24, 2.45) is 81.8 Å². The van der Waals surface area contributed by atoms with Gasteiger partial charge in [-0.05, 0) is 148 Å². The van der Waals surface area contributed by atoms with Crippen molar-refractivity contribution in [1.29, 1.82) is 0 Å². The van der Waals surface area contributed by atoms with Gasteiger partial charge in [-0.25, -0.2) is 0 Å². The van der Waals surface area contributed by atoms with Gasteiger partial charge in [-0.2, -0.15) is 0 Å². The Kier molecular flexibility index (Phi) is 4.11. The molecule has 0 amide bonds. The van der Waals surface area contributed by atoms with Crippen LogP contribution >= 0.6 is 0 Å². The minimum Gasteiger partial charge on any atom is -0.459 e. The third kappa shape index (κ3) is 2.48. The molecule has 0 N–H and O–H groups in total. The molecule has 186 valence electrons. The largest absolute Gasteiger partial charge is 0.459 e. The lowest BCUT2D eigenvalue weighted by Crippen LogP contribution is -2.51. The molecular formula is C32H46O2. The van der Waals surface area contributed by atoms with Crippen molar-refractivity contribution in [2.75, 3.05) is 0 Å². The SMILES string of the molecule is CC12CC3CC[C@@H]1C2C3.CC1C2CC(C3C4C=CC(C4)C23)C1(C)C(=O)OC1(C)CC2CCC1C2. The number of hydrogen-bond acceptors (Lipinski definition) is 2. The van der Waals surface area contributed by atoms with Crippen molar-refractivity contribution in [2.45, 2.75) is 97.5 Å². The van der Waals surface area contributed by atoms with Gasteiger partial charge in [0.25, 0.3) is 0 Å². The maximum Gasteiger partial charge on any atom is 0.312 e. The normalized spacial score (nSPS) is 64.2. The highest BCUT2D eigenvalue weighted by Gasteiger charge is 2.71. The van der Waals surface area contributed by atoms with Crippen LogP contribution in [0.3, 0.4) is 0 Å². The fourth-order valence-corrected chi connectivity index (χ4v) is 12.7. The van der Waals surface area contributed by atoms with Crippen LogP contribution in [0.5, 0.6) is 0 Å². The van der Waals surface area contributed by atoms with Crippen LogP contribution in [0.1, 0.15) is 91.9 Å². The molecule has 0 spiro atoms. The van der Waals surface area contributed by atoms with E-state index in [1.807, 2.05) is 0 Å². The van der Waals surface area contributed by atoms with Gasteiger partial charge < -0.3 is 4.74 Å². The molecule has 34 heavy (non-hydrogen) atoms. The maximum absolute atomic E-state index is 13.6. The number of fused-ring (bicyclic) bond motifs is 12. The number of rotatable bonds is 2. The van der Waals surface area contributed by atoms with Crippen LogP contribution in [0.2, 0.25) is 0 Å². The molecule has 0 aliphatic heterocycles. The van der Waals surface area contributed by atoms with E-state index in [-0.39, 0.29) is 17.0 Å². The van der Waals surface area contributed by atoms with Crippen molar-refractivity contribution in [1.82, 2.24) is 0 Å². The first kappa shape index (κ1) is 21.3. The van der Waals surface area contributed by atoms with Gasteiger partial charge in [0, 0.05) is 0 Å². The van der Waals surface area contributed by atoms with E-state index in [1.165, 1.54) is 43.9 Å². The predicted octanol–water partition coefficient (Wildman–Crippen LogP) is 7.28. The van der Waals surface area contributed by atoms with Crippen molar-refractivity contribution < 1.29 is 9.53 Å². The zero-order valence-corrected chi connectivity index (χ0v) is 22.0. The number of esters is 1. The van der Waals surface area contributed by atoms with Crippen molar-refractivity contribution >= 4 is 5.97 Å². The molecule has 0 aromatic rings. The van der Waals surface area contributed by atoms with Crippen LogP contribution < -0.4 is 0 Å². The highest BCUT2D eigenvalue weighted by atomic mass is 16.6. The molecule has 0 saturated heterocycles. The number of allylic oxidation sites excluding steroid dienone is 2. The molecular weight excluding hydrogens is 416 g/mol. The Balaban J connectivity index is 0.000000172. The molecule has 10 bridgehead atoms. The number of carbonyl (C=O) groups is 1. The molecule has 9 fully saturated rings. The zero-order valence-electron chi connectivity index (χ0n) is 22.0. The van der Waals surface area contributed by atoms with Crippen molar-refractivity contribution in [3.8, 4) is 0 Å². The summed E-state index contributed by atoms with van der Waals surface area (Å²) >= 11 is 0. The van der Waals surface area contributed by atoms with Crippen LogP contribution in [-0.2, 0) is 9.53 Å². The van der Waals surface area contributed by atoms with E-state index in [4.69, 9.17) is 4.74 Å². The first-order valence-electron chi connectivity index (χ1n) is 15.1. The Labute approximate surface area is 207 Å². The average molecular weight is 463 g/mol. The molecule has 0 heterocycles. The van der Waals surface area contributed by atoms with E-state index < -0.39 is 0 Å². The molecule has 0 aromatic carbocycles. The van der Waals surface area contributed by atoms with E-state index in [0.29, 0.717) is 17.8 Å². The Morgan fingerprint density at radius 3 is 2.09 bits per heavy atom. The van der Waals surface area contributed by atoms with Crippen molar-refractivity contribution in [3.63, 3.8) is 0 Å². The third-order valence-electron chi connectivity index (χ3n) is 14.6. The minimum absolute atomic E-state index is 0.160. The summed E-state index contributed by atoms with van der Waals surface area (Å²) in [5.41, 5.74) is 0.469. The smallest absolute Gasteiger partial charge is 0.312 e. The molecule has 10 rings (SSSR count). The molecule has 0 aromatic heterocycles. The van der Waals surface area contributed by atoms with Crippen LogP contribution in [0.25, 0.3) is 0 Å². The monoisotopic (exact) mass is 462 g/mol. The second-order valence-electron chi connectivity index (χ2n) is 15.6. The summed E-state index contributed by atoms with van der Waals surface area (Å²) in [5.74, 6) is 10.1. The molecule has 14 unspecified atom stereocenters. The third-order valence-corrected chi connectivity index (χ3v) is 14.6. The first-order valence-corrected chi connectivity index (χ1v) is 15.1. The molecule has 10 aliphatic carbocycles. The quantitative estimate of drug-likeness (QED) is 0.245. The van der Waals surface area contributed by atoms with E-state index in [1.54, 1.807) is 25.7 Å². The molecule has 2 heteroatoms. The summed E-state index contributed by atoms with van der Waals surface area (Å²) in [6.45, 7) is 9.38. The van der Waals surface area contributed by atoms with Gasteiger partial charge in [-0.15, -0.1) is 0 Å². The summed E-state index contributed by atoms with van der Waals surface area (Å²) in [6.07, 6.45) is 19.0. The van der Waals surface area contributed by atoms with Gasteiger partial charge in [-0.1, -0.05) is 32.4 Å². The van der Waals surface area contributed by atoms with Crippen LogP contribution in [0.15, 0.2) is 12.2 Å². The van der Waals surface area contributed by atoms with Gasteiger partial charge in [0.2, 0.25) is 0 Å². The molecule has 15 atom stereocenters. The Morgan fingerprint density at radius 2 is 1.53 bits per heavy atom. The number of hydrogen-bond donors (Lipinski definition) is 0. The standard InChI is InChI=1S/C23H32O2.C9H14/c1-12-17-10-18(20-15-6-5-14(9-15)19(17)20)23(12,3)21(24)25-22(2)11-13-4-7-16(22)8-13;1-9-5-6-2-3-7(9)8(9)4-6/h5-6,12-20H,4,7-11H2,1-3H3;6-8H,2-5H2,1H3/t;6?,7-,8?,9?/m.1/s1. The summed E-state index contributed by atoms with van der Waals surface area (Å²) in [6, 6.07) is 0. The van der Waals surface area contributed by atoms with Crippen LogP contribution in [0, 0.1) is 81.8 Å². The predicted molar refractivity (Wildman–Crippen MR) is 134 cm³/mol. The summed E-state index contributed by atoms with van der Waals surface area (Å²) in [4.78, 5) is 13.6. The van der Waals surface area contributed by atoms with Crippen molar-refractivity contribution in [3.05, 3.63) is 12.2 Å². The number of carbonyl (C=O) groups excluding carboxylic acids is 1. The van der Waals surface area contributed by atoms with E-state index in [9.17, 15) is 4.79 Å². The van der Waals surface area contributed by atoms with E-state index in [0.717, 1.165) is 53.3 Å². The fourth-order valence-electron chi connectivity index (χ4n) is 12.7. The Morgan fingerprint density at radius 1 is 0.794 bits per heavy atom. The van der Waals surface area contributed by atoms with Crippen LogP contribution in [0.4, 0.5) is 0 Å². The molecule has 2 nitrogen and oxygen atoms in total. The minimum atomic E-state index is -0.241. The Bertz CT molecular complexity index is 947. The maximum atomic E-state index is 13.6. The summed E-state index contributed by atoms with van der Waals surface area (Å²) in [7, 11) is 0. The highest BCUT2D eigenvalue weighted by Crippen LogP contribution is 2.75. The van der Waals surface area contributed by atoms with Gasteiger partial charge in [-0.3, -0.25) is 4.79 Å². The summed E-state index contributed by atoms with van der Waals surface area (Å²) < 4.78 is 6.41. The lowest BCUT2D eigenvalue weighted by atomic mass is 9.58. The summed E-state index contributed by atoms with van der Waals surface area (Å²) in [5, 5.41) is 0. The molecule has 10 aliphatic rings. The average Bonchev–Trinajstić information content (AvgIpc) is 3.55. The molecule has 0 radical (unpaired) electrons. The lowest BCUT2D eigenvalue weighted by Gasteiger charge is -2.47. The fraction of sp³-hybridized carbons (Fsp3) is 0.906. The lowest BCUT2D eigenvalue weighted by molar-refractivity contribution is -0.185. The van der Waals surface area contributed by atoms with Gasteiger partial charge in [0.05, 0.1) is 5.41 Å². The topological polar surface area (TPSA) is 26.3 Å². The second-order valence-corrected chi connectivity index (χ2v) is 15.6. The zero-order chi connectivity index (χ0) is 23.2. The first-order chi connectivity index (χ1) is 16.2. The second kappa shape index (κ2) is 6.55. The van der Waals surface area contributed by atoms with Gasteiger partial charge >= 0.3 is 5.97 Å². The Hall–Kier alpha value is -0.790. The highest BCUT2D eigenvalue weighted by molar-refractivity contribution is 5.79. The van der Waals surface area contributed by atoms with E-state index >= 15 is 0 Å².